The molecule has 1 aromatic heterocycles. The molecule has 0 spiro atoms. The molecule has 192 valence electrons. The van der Waals surface area contributed by atoms with Crippen molar-refractivity contribution in [1.29, 1.82) is 0 Å². The summed E-state index contributed by atoms with van der Waals surface area (Å²) in [6.45, 7) is 5.65. The van der Waals surface area contributed by atoms with E-state index in [-0.39, 0.29) is 17.1 Å². The third-order valence-electron chi connectivity index (χ3n) is 5.85. The van der Waals surface area contributed by atoms with Crippen molar-refractivity contribution in [3.8, 4) is 0 Å². The summed E-state index contributed by atoms with van der Waals surface area (Å²) >= 11 is 0. The molecule has 4 rings (SSSR count). The maximum absolute atomic E-state index is 13.5. The Labute approximate surface area is 217 Å². The largest absolute Gasteiger partial charge is 0.357 e. The zero-order chi connectivity index (χ0) is 26.6. The van der Waals surface area contributed by atoms with E-state index in [0.29, 0.717) is 22.2 Å². The van der Waals surface area contributed by atoms with Crippen LogP contribution in [0.1, 0.15) is 36.8 Å². The highest BCUT2D eigenvalue weighted by Crippen LogP contribution is 2.31. The quantitative estimate of drug-likeness (QED) is 0.307. The molecule has 3 N–H and O–H groups in total. The number of H-pyrrole nitrogens is 1. The van der Waals surface area contributed by atoms with E-state index in [1.54, 1.807) is 54.7 Å². The summed E-state index contributed by atoms with van der Waals surface area (Å²) in [6.07, 6.45) is 1.93. The standard InChI is InChI=1S/C29H31N3O4S/c1-29(2,3)19-37(35,36)26-16-8-12-21-22(26)13-7-14-23(21)31-28(34)25(18-20-10-5-4-6-11-20)32-27(33)24-15-9-17-30-24/h4-17,25,30H,18-19H2,1-3H3,(H,31,34)(H,32,33)/t25-/m0/s1. The molecule has 0 aliphatic rings. The molecular formula is C29H31N3O4S. The van der Waals surface area contributed by atoms with Crippen molar-refractivity contribution in [3.05, 3.63) is 96.3 Å². The lowest BCUT2D eigenvalue weighted by Crippen LogP contribution is -2.45. The Morgan fingerprint density at radius 2 is 1.57 bits per heavy atom. The summed E-state index contributed by atoms with van der Waals surface area (Å²) in [4.78, 5) is 29.3. The Hall–Kier alpha value is -3.91. The van der Waals surface area contributed by atoms with Crippen LogP contribution in [0, 0.1) is 5.41 Å². The normalized spacial score (nSPS) is 12.7. The summed E-state index contributed by atoms with van der Waals surface area (Å²) in [7, 11) is -3.56. The second-order valence-electron chi connectivity index (χ2n) is 10.3. The number of fused-ring (bicyclic) bond motifs is 1. The lowest BCUT2D eigenvalue weighted by Gasteiger charge is -2.20. The van der Waals surface area contributed by atoms with Crippen LogP contribution in [0.25, 0.3) is 10.8 Å². The molecule has 3 aromatic carbocycles. The van der Waals surface area contributed by atoms with Crippen molar-refractivity contribution in [2.75, 3.05) is 11.1 Å². The lowest BCUT2D eigenvalue weighted by molar-refractivity contribution is -0.118. The number of nitrogens with one attached hydrogen (secondary N) is 3. The molecule has 2 amide bonds. The Morgan fingerprint density at radius 1 is 0.865 bits per heavy atom. The van der Waals surface area contributed by atoms with Crippen LogP contribution in [0.4, 0.5) is 5.69 Å². The fourth-order valence-corrected chi connectivity index (χ4v) is 6.39. The summed E-state index contributed by atoms with van der Waals surface area (Å²) in [6, 6.07) is 22.2. The average molecular weight is 518 g/mol. The molecule has 0 aliphatic heterocycles. The van der Waals surface area contributed by atoms with Crippen molar-refractivity contribution >= 4 is 38.1 Å². The van der Waals surface area contributed by atoms with E-state index in [4.69, 9.17) is 0 Å². The Bertz CT molecular complexity index is 1510. The molecule has 0 aliphatic carbocycles. The summed E-state index contributed by atoms with van der Waals surface area (Å²) in [5, 5.41) is 6.90. The van der Waals surface area contributed by atoms with Gasteiger partial charge in [0.1, 0.15) is 11.7 Å². The first-order valence-corrected chi connectivity index (χ1v) is 13.7. The number of rotatable bonds is 8. The van der Waals surface area contributed by atoms with Crippen molar-refractivity contribution in [2.45, 2.75) is 38.1 Å². The molecule has 0 radical (unpaired) electrons. The van der Waals surface area contributed by atoms with Gasteiger partial charge in [0.25, 0.3) is 5.91 Å². The minimum atomic E-state index is -3.56. The fraction of sp³-hybridized carbons (Fsp3) is 0.241. The summed E-state index contributed by atoms with van der Waals surface area (Å²) in [5.74, 6) is -0.798. The van der Waals surface area contributed by atoms with Gasteiger partial charge >= 0.3 is 0 Å². The van der Waals surface area contributed by atoms with Gasteiger partial charge in [0.15, 0.2) is 9.84 Å². The van der Waals surface area contributed by atoms with E-state index < -0.39 is 33.1 Å². The first kappa shape index (κ1) is 26.2. The molecular weight excluding hydrogens is 486 g/mol. The van der Waals surface area contributed by atoms with E-state index >= 15 is 0 Å². The van der Waals surface area contributed by atoms with Gasteiger partial charge in [-0.3, -0.25) is 9.59 Å². The second-order valence-corrected chi connectivity index (χ2v) is 12.2. The van der Waals surface area contributed by atoms with Gasteiger partial charge in [-0.2, -0.15) is 0 Å². The highest BCUT2D eigenvalue weighted by Gasteiger charge is 2.26. The molecule has 1 atom stereocenters. The average Bonchev–Trinajstić information content (AvgIpc) is 3.38. The molecule has 4 aromatic rings. The van der Waals surface area contributed by atoms with Crippen LogP contribution < -0.4 is 10.6 Å². The van der Waals surface area contributed by atoms with Crippen LogP contribution in [0.3, 0.4) is 0 Å². The van der Waals surface area contributed by atoms with Crippen molar-refractivity contribution in [2.24, 2.45) is 5.41 Å². The number of carbonyl (C=O) groups is 2. The van der Waals surface area contributed by atoms with Crippen LogP contribution in [0.5, 0.6) is 0 Å². The Balaban J connectivity index is 1.65. The monoisotopic (exact) mass is 517 g/mol. The van der Waals surface area contributed by atoms with Gasteiger partial charge in [-0.15, -0.1) is 0 Å². The summed E-state index contributed by atoms with van der Waals surface area (Å²) < 4.78 is 26.4. The molecule has 0 fully saturated rings. The second kappa shape index (κ2) is 10.6. The molecule has 0 unspecified atom stereocenters. The maximum Gasteiger partial charge on any atom is 0.268 e. The van der Waals surface area contributed by atoms with Gasteiger partial charge in [-0.1, -0.05) is 75.4 Å². The van der Waals surface area contributed by atoms with Crippen molar-refractivity contribution in [1.82, 2.24) is 10.3 Å². The van der Waals surface area contributed by atoms with Gasteiger partial charge in [0.2, 0.25) is 5.91 Å². The number of sulfone groups is 1. The third kappa shape index (κ3) is 6.46. The van der Waals surface area contributed by atoms with Gasteiger partial charge in [0, 0.05) is 29.1 Å². The highest BCUT2D eigenvalue weighted by molar-refractivity contribution is 7.91. The third-order valence-corrected chi connectivity index (χ3v) is 8.12. The Kier molecular flexibility index (Phi) is 7.50. The number of carbonyl (C=O) groups excluding carboxylic acids is 2. The fourth-order valence-electron chi connectivity index (χ4n) is 4.30. The first-order valence-electron chi connectivity index (χ1n) is 12.1. The number of benzene rings is 3. The zero-order valence-electron chi connectivity index (χ0n) is 21.1. The molecule has 1 heterocycles. The van der Waals surface area contributed by atoms with Crippen LogP contribution in [0.15, 0.2) is 90.0 Å². The molecule has 0 bridgehead atoms. The van der Waals surface area contributed by atoms with E-state index in [2.05, 4.69) is 15.6 Å². The van der Waals surface area contributed by atoms with Gasteiger partial charge in [0.05, 0.1) is 10.6 Å². The number of aromatic nitrogens is 1. The predicted octanol–water partition coefficient (Wildman–Crippen LogP) is 4.97. The summed E-state index contributed by atoms with van der Waals surface area (Å²) in [5.41, 5.74) is 1.31. The van der Waals surface area contributed by atoms with Crippen LogP contribution in [-0.2, 0) is 21.1 Å². The zero-order valence-corrected chi connectivity index (χ0v) is 21.9. The number of hydrogen-bond donors (Lipinski definition) is 3. The lowest BCUT2D eigenvalue weighted by atomic mass is 10.0. The van der Waals surface area contributed by atoms with Crippen molar-refractivity contribution in [3.63, 3.8) is 0 Å². The molecule has 37 heavy (non-hydrogen) atoms. The predicted molar refractivity (Wildman–Crippen MR) is 146 cm³/mol. The molecule has 7 nitrogen and oxygen atoms in total. The van der Waals surface area contributed by atoms with E-state index in [0.717, 1.165) is 5.56 Å². The minimum absolute atomic E-state index is 0.000372. The minimum Gasteiger partial charge on any atom is -0.357 e. The van der Waals surface area contributed by atoms with Crippen LogP contribution in [-0.4, -0.2) is 37.0 Å². The van der Waals surface area contributed by atoms with Crippen LogP contribution in [0.2, 0.25) is 0 Å². The topological polar surface area (TPSA) is 108 Å². The number of amides is 2. The number of aromatic amines is 1. The maximum atomic E-state index is 13.5. The Morgan fingerprint density at radius 3 is 2.24 bits per heavy atom. The van der Waals surface area contributed by atoms with E-state index in [1.807, 2.05) is 51.1 Å². The van der Waals surface area contributed by atoms with Crippen molar-refractivity contribution < 1.29 is 18.0 Å². The van der Waals surface area contributed by atoms with E-state index in [9.17, 15) is 18.0 Å². The molecule has 8 heteroatoms. The van der Waals surface area contributed by atoms with E-state index in [1.165, 1.54) is 0 Å². The van der Waals surface area contributed by atoms with Gasteiger partial charge in [-0.25, -0.2) is 8.42 Å². The smallest absolute Gasteiger partial charge is 0.268 e. The number of hydrogen-bond acceptors (Lipinski definition) is 4. The molecule has 0 saturated carbocycles. The number of anilines is 1. The van der Waals surface area contributed by atoms with Gasteiger partial charge in [-0.05, 0) is 35.2 Å². The highest BCUT2D eigenvalue weighted by atomic mass is 32.2. The van der Waals surface area contributed by atoms with Gasteiger partial charge < -0.3 is 15.6 Å². The van der Waals surface area contributed by atoms with Crippen LogP contribution >= 0.6 is 0 Å². The first-order chi connectivity index (χ1) is 17.5. The molecule has 0 saturated heterocycles. The SMILES string of the molecule is CC(C)(C)CS(=O)(=O)c1cccc2c(NC(=O)[C@H](Cc3ccccc3)NC(=O)c3ccc[nH]3)cccc12.